The van der Waals surface area contributed by atoms with E-state index in [0.717, 1.165) is 22.5 Å². The third kappa shape index (κ3) is 6.41. The lowest BCUT2D eigenvalue weighted by Crippen LogP contribution is -2.21. The smallest absolute Gasteiger partial charge is 0.271 e. The highest BCUT2D eigenvalue weighted by molar-refractivity contribution is 7.86. The molecule has 0 amide bonds. The molecule has 8 N–H and O–H groups in total. The van der Waals surface area contributed by atoms with Crippen molar-refractivity contribution in [3.05, 3.63) is 48.5 Å². The molecule has 0 atom stereocenters. The third-order valence-corrected chi connectivity index (χ3v) is 2.15. The quantitative estimate of drug-likeness (QED) is 0.570. The minimum atomic E-state index is -3.67. The number of hydrogen-bond acceptors (Lipinski definition) is 4. The van der Waals surface area contributed by atoms with Gasteiger partial charge in [0.1, 0.15) is 0 Å². The van der Waals surface area contributed by atoms with Gasteiger partial charge in [-0.05, 0) is 35.4 Å². The number of nitrogens with two attached hydrogens (primary N) is 4. The van der Waals surface area contributed by atoms with Crippen LogP contribution in [0.2, 0.25) is 0 Å². The first-order valence-corrected chi connectivity index (χ1v) is 6.88. The van der Waals surface area contributed by atoms with Crippen molar-refractivity contribution in [2.45, 2.75) is 0 Å². The number of nitrogen functional groups attached to an aromatic ring is 2. The summed E-state index contributed by atoms with van der Waals surface area (Å²) in [6.07, 6.45) is 0. The molecule has 0 bridgehead atoms. The van der Waals surface area contributed by atoms with Crippen LogP contribution < -0.4 is 21.7 Å². The van der Waals surface area contributed by atoms with Crippen molar-refractivity contribution in [3.63, 3.8) is 0 Å². The van der Waals surface area contributed by atoms with Gasteiger partial charge in [-0.25, -0.2) is 10.3 Å². The lowest BCUT2D eigenvalue weighted by molar-refractivity contribution is 0.599. The topological polar surface area (TPSA) is 138 Å². The van der Waals surface area contributed by atoms with Crippen molar-refractivity contribution in [1.29, 1.82) is 0 Å². The normalized spacial score (nSPS) is 10.4. The number of benzene rings is 2. The molecule has 2 aromatic carbocycles. The zero-order chi connectivity index (χ0) is 14.5. The molecule has 19 heavy (non-hydrogen) atoms. The fourth-order valence-corrected chi connectivity index (χ4v) is 1.35. The van der Waals surface area contributed by atoms with Crippen molar-refractivity contribution in [1.82, 2.24) is 0 Å². The van der Waals surface area contributed by atoms with Crippen LogP contribution in [0, 0.1) is 0 Å². The highest BCUT2D eigenvalue weighted by atomic mass is 32.2. The first kappa shape index (κ1) is 15.0. The van der Waals surface area contributed by atoms with Gasteiger partial charge < -0.3 is 11.5 Å². The van der Waals surface area contributed by atoms with E-state index in [1.807, 2.05) is 48.5 Å². The molecule has 2 rings (SSSR count). The molecule has 0 aliphatic carbocycles. The Balaban J connectivity index is 0.000000312. The van der Waals surface area contributed by atoms with Crippen molar-refractivity contribution in [2.24, 2.45) is 10.3 Å². The van der Waals surface area contributed by atoms with E-state index < -0.39 is 10.2 Å². The van der Waals surface area contributed by atoms with Crippen LogP contribution in [0.4, 0.5) is 11.4 Å². The summed E-state index contributed by atoms with van der Waals surface area (Å²) < 4.78 is 18.4. The van der Waals surface area contributed by atoms with Crippen LogP contribution in [0.1, 0.15) is 0 Å². The van der Waals surface area contributed by atoms with Gasteiger partial charge in [0.2, 0.25) is 0 Å². The number of anilines is 2. The summed E-state index contributed by atoms with van der Waals surface area (Å²) in [4.78, 5) is 0. The Labute approximate surface area is 112 Å². The summed E-state index contributed by atoms with van der Waals surface area (Å²) in [5.41, 5.74) is 15.1. The van der Waals surface area contributed by atoms with E-state index in [4.69, 9.17) is 11.5 Å². The van der Waals surface area contributed by atoms with Crippen molar-refractivity contribution < 1.29 is 8.42 Å². The summed E-state index contributed by atoms with van der Waals surface area (Å²) in [6.45, 7) is 0. The lowest BCUT2D eigenvalue weighted by Gasteiger charge is -2.02. The maximum Gasteiger partial charge on any atom is 0.271 e. The Morgan fingerprint density at radius 2 is 0.842 bits per heavy atom. The fourth-order valence-electron chi connectivity index (χ4n) is 1.35. The van der Waals surface area contributed by atoms with Gasteiger partial charge >= 0.3 is 0 Å². The Hall–Kier alpha value is -2.09. The molecule has 0 spiro atoms. The van der Waals surface area contributed by atoms with Crippen LogP contribution in [0.15, 0.2) is 48.5 Å². The second-order valence-electron chi connectivity index (χ2n) is 3.83. The predicted octanol–water partition coefficient (Wildman–Crippen LogP) is 0.667. The largest absolute Gasteiger partial charge is 0.399 e. The van der Waals surface area contributed by atoms with E-state index >= 15 is 0 Å². The molecule has 6 nitrogen and oxygen atoms in total. The molecular weight excluding hydrogens is 264 g/mol. The van der Waals surface area contributed by atoms with Crippen LogP contribution in [0.25, 0.3) is 11.1 Å². The Morgan fingerprint density at radius 3 is 1.05 bits per heavy atom. The summed E-state index contributed by atoms with van der Waals surface area (Å²) in [6, 6.07) is 15.6. The van der Waals surface area contributed by atoms with E-state index in [-0.39, 0.29) is 0 Å². The molecular formula is C12H16N4O2S. The standard InChI is InChI=1S/C12H12N2.H4N2O2S/c13-11-5-1-9(2-6-11)10-3-7-12(14)8-4-10;1-5(2,3)4/h1-8H,13-14H2;(H4,1,2,3,4). The molecule has 0 unspecified atom stereocenters. The summed E-state index contributed by atoms with van der Waals surface area (Å²) in [5.74, 6) is 0. The van der Waals surface area contributed by atoms with Crippen LogP contribution in [0.5, 0.6) is 0 Å². The monoisotopic (exact) mass is 280 g/mol. The van der Waals surface area contributed by atoms with Crippen LogP contribution in [-0.2, 0) is 10.2 Å². The fraction of sp³-hybridized carbons (Fsp3) is 0. The maximum atomic E-state index is 9.19. The van der Waals surface area contributed by atoms with Crippen LogP contribution >= 0.6 is 0 Å². The lowest BCUT2D eigenvalue weighted by atomic mass is 10.1. The Kier molecular flexibility index (Phi) is 4.87. The van der Waals surface area contributed by atoms with E-state index in [1.54, 1.807) is 0 Å². The van der Waals surface area contributed by atoms with Crippen LogP contribution in [0.3, 0.4) is 0 Å². The van der Waals surface area contributed by atoms with Gasteiger partial charge in [-0.3, -0.25) is 0 Å². The maximum absolute atomic E-state index is 9.19. The van der Waals surface area contributed by atoms with Gasteiger partial charge in [-0.15, -0.1) is 0 Å². The predicted molar refractivity (Wildman–Crippen MR) is 78.0 cm³/mol. The minimum absolute atomic E-state index is 0.782. The molecule has 0 fully saturated rings. The zero-order valence-electron chi connectivity index (χ0n) is 10.2. The average molecular weight is 280 g/mol. The van der Waals surface area contributed by atoms with Gasteiger partial charge in [0.15, 0.2) is 0 Å². The summed E-state index contributed by atoms with van der Waals surface area (Å²) in [7, 11) is -3.67. The van der Waals surface area contributed by atoms with Gasteiger partial charge in [-0.1, -0.05) is 24.3 Å². The third-order valence-electron chi connectivity index (χ3n) is 2.15. The van der Waals surface area contributed by atoms with E-state index in [1.165, 1.54) is 0 Å². The first-order valence-electron chi connectivity index (χ1n) is 5.27. The van der Waals surface area contributed by atoms with Gasteiger partial charge in [-0.2, -0.15) is 8.42 Å². The number of rotatable bonds is 1. The minimum Gasteiger partial charge on any atom is -0.399 e. The number of hydrogen-bond donors (Lipinski definition) is 4. The van der Waals surface area contributed by atoms with Gasteiger partial charge in [0.25, 0.3) is 10.2 Å². The SMILES string of the molecule is NS(N)(=O)=O.Nc1ccc(-c2ccc(N)cc2)cc1. The Morgan fingerprint density at radius 1 is 0.632 bits per heavy atom. The highest BCUT2D eigenvalue weighted by Crippen LogP contribution is 2.21. The van der Waals surface area contributed by atoms with Crippen molar-refractivity contribution in [2.75, 3.05) is 11.5 Å². The van der Waals surface area contributed by atoms with E-state index in [9.17, 15) is 8.42 Å². The first-order chi connectivity index (χ1) is 8.75. The molecule has 102 valence electrons. The molecule has 7 heteroatoms. The van der Waals surface area contributed by atoms with Crippen LogP contribution in [-0.4, -0.2) is 8.42 Å². The molecule has 0 heterocycles. The molecule has 2 aromatic rings. The van der Waals surface area contributed by atoms with Gasteiger partial charge in [0.05, 0.1) is 0 Å². The van der Waals surface area contributed by atoms with E-state index in [2.05, 4.69) is 10.3 Å². The second-order valence-corrected chi connectivity index (χ2v) is 5.01. The molecule has 0 saturated carbocycles. The van der Waals surface area contributed by atoms with Gasteiger partial charge in [0, 0.05) is 11.4 Å². The summed E-state index contributed by atoms with van der Waals surface area (Å²) >= 11 is 0. The second kappa shape index (κ2) is 6.19. The molecule has 0 aliphatic rings. The summed E-state index contributed by atoms with van der Waals surface area (Å²) in [5, 5.41) is 8.21. The van der Waals surface area contributed by atoms with Crippen molar-refractivity contribution >= 4 is 21.6 Å². The van der Waals surface area contributed by atoms with Crippen molar-refractivity contribution in [3.8, 4) is 11.1 Å². The Bertz CT molecular complexity index is 570. The molecule has 0 aromatic heterocycles. The average Bonchev–Trinajstić information content (AvgIpc) is 2.29. The van der Waals surface area contributed by atoms with E-state index in [0.29, 0.717) is 0 Å². The molecule has 0 aliphatic heterocycles. The molecule has 0 radical (unpaired) electrons. The molecule has 0 saturated heterocycles. The highest BCUT2D eigenvalue weighted by Gasteiger charge is 1.95. The zero-order valence-corrected chi connectivity index (χ0v) is 11.0.